The number of hydrogen-bond acceptors (Lipinski definition) is 5. The van der Waals surface area contributed by atoms with Gasteiger partial charge in [-0.1, -0.05) is 36.6 Å². The molecule has 6 nitrogen and oxygen atoms in total. The van der Waals surface area contributed by atoms with Crippen molar-refractivity contribution in [2.24, 2.45) is 5.73 Å². The molecule has 2 aliphatic carbocycles. The lowest BCUT2D eigenvalue weighted by Gasteiger charge is -2.27. The fourth-order valence-corrected chi connectivity index (χ4v) is 5.98. The minimum Gasteiger partial charge on any atom is -0.455 e. The summed E-state index contributed by atoms with van der Waals surface area (Å²) in [6.45, 7) is -0.408. The lowest BCUT2D eigenvalue weighted by atomic mass is 9.79. The molecule has 0 spiro atoms. The van der Waals surface area contributed by atoms with Crippen molar-refractivity contribution in [2.75, 3.05) is 11.9 Å². The van der Waals surface area contributed by atoms with Gasteiger partial charge >= 0.3 is 5.97 Å². The van der Waals surface area contributed by atoms with E-state index in [0.717, 1.165) is 48.1 Å². The van der Waals surface area contributed by atoms with Gasteiger partial charge in [0.15, 0.2) is 6.61 Å². The zero-order chi connectivity index (χ0) is 21.3. The Balaban J connectivity index is 1.44. The fourth-order valence-electron chi connectivity index (χ4n) is 4.54. The van der Waals surface area contributed by atoms with E-state index in [-0.39, 0.29) is 0 Å². The zero-order valence-electron chi connectivity index (χ0n) is 16.5. The van der Waals surface area contributed by atoms with Gasteiger partial charge in [-0.15, -0.1) is 11.3 Å². The largest absolute Gasteiger partial charge is 0.455 e. The SMILES string of the molecule is NC(=O)c1c(NC(=O)COC(=O)C2(c3ccc(Cl)cc3)CCCC2)sc2c1CCC2. The fraction of sp³-hybridized carbons (Fsp3) is 0.409. The summed E-state index contributed by atoms with van der Waals surface area (Å²) in [5.41, 5.74) is 6.97. The number of nitrogens with one attached hydrogen (secondary N) is 1. The maximum Gasteiger partial charge on any atom is 0.317 e. The van der Waals surface area contributed by atoms with Gasteiger partial charge in [0.2, 0.25) is 0 Å². The van der Waals surface area contributed by atoms with Crippen molar-refractivity contribution in [1.82, 2.24) is 0 Å². The Morgan fingerprint density at radius 3 is 2.47 bits per heavy atom. The van der Waals surface area contributed by atoms with Gasteiger partial charge in [0, 0.05) is 9.90 Å². The van der Waals surface area contributed by atoms with Crippen LogP contribution in [0.4, 0.5) is 5.00 Å². The summed E-state index contributed by atoms with van der Waals surface area (Å²) in [6, 6.07) is 7.22. The van der Waals surface area contributed by atoms with Gasteiger partial charge in [-0.05, 0) is 55.4 Å². The minimum absolute atomic E-state index is 0.389. The van der Waals surface area contributed by atoms with Gasteiger partial charge < -0.3 is 15.8 Å². The van der Waals surface area contributed by atoms with Crippen molar-refractivity contribution in [3.8, 4) is 0 Å². The Morgan fingerprint density at radius 2 is 1.80 bits per heavy atom. The highest BCUT2D eigenvalue weighted by molar-refractivity contribution is 7.17. The first-order valence-electron chi connectivity index (χ1n) is 10.1. The number of halogens is 1. The van der Waals surface area contributed by atoms with E-state index in [2.05, 4.69) is 5.32 Å². The van der Waals surface area contributed by atoms with E-state index in [9.17, 15) is 14.4 Å². The van der Waals surface area contributed by atoms with E-state index >= 15 is 0 Å². The third-order valence-corrected chi connectivity index (χ3v) is 7.46. The second-order valence-corrected chi connectivity index (χ2v) is 9.39. The number of carbonyl (C=O) groups is 3. The van der Waals surface area contributed by atoms with Gasteiger partial charge in [-0.25, -0.2) is 0 Å². The first kappa shape index (κ1) is 20.9. The molecular formula is C22H23ClN2O4S. The number of fused-ring (bicyclic) bond motifs is 1. The van der Waals surface area contributed by atoms with E-state index in [4.69, 9.17) is 22.1 Å². The highest BCUT2D eigenvalue weighted by Crippen LogP contribution is 2.42. The average molecular weight is 447 g/mol. The molecule has 2 amide bonds. The molecule has 2 aliphatic rings. The molecule has 4 rings (SSSR count). The first-order valence-corrected chi connectivity index (χ1v) is 11.3. The third kappa shape index (κ3) is 3.84. The normalized spacial score (nSPS) is 16.8. The van der Waals surface area contributed by atoms with Gasteiger partial charge in [-0.2, -0.15) is 0 Å². The second-order valence-electron chi connectivity index (χ2n) is 7.85. The van der Waals surface area contributed by atoms with Gasteiger partial charge in [0.05, 0.1) is 11.0 Å². The van der Waals surface area contributed by atoms with Crippen LogP contribution in [0.2, 0.25) is 5.02 Å². The quantitative estimate of drug-likeness (QED) is 0.655. The van der Waals surface area contributed by atoms with Crippen LogP contribution in [-0.4, -0.2) is 24.4 Å². The molecule has 0 unspecified atom stereocenters. The van der Waals surface area contributed by atoms with Crippen LogP contribution >= 0.6 is 22.9 Å². The molecule has 0 aliphatic heterocycles. The predicted octanol–water partition coefficient (Wildman–Crippen LogP) is 3.98. The molecule has 8 heteroatoms. The monoisotopic (exact) mass is 446 g/mol. The first-order chi connectivity index (χ1) is 14.4. The number of thiophene rings is 1. The van der Waals surface area contributed by atoms with E-state index in [1.807, 2.05) is 12.1 Å². The van der Waals surface area contributed by atoms with Crippen molar-refractivity contribution in [2.45, 2.75) is 50.4 Å². The van der Waals surface area contributed by atoms with Gasteiger partial charge in [0.1, 0.15) is 5.00 Å². The maximum atomic E-state index is 13.0. The van der Waals surface area contributed by atoms with E-state index in [0.29, 0.717) is 28.4 Å². The van der Waals surface area contributed by atoms with E-state index < -0.39 is 29.8 Å². The molecule has 0 atom stereocenters. The molecule has 1 aromatic carbocycles. The molecule has 2 aromatic rings. The molecule has 158 valence electrons. The Labute approximate surface area is 183 Å². The van der Waals surface area contributed by atoms with Crippen LogP contribution in [0.3, 0.4) is 0 Å². The lowest BCUT2D eigenvalue weighted by Crippen LogP contribution is -2.36. The Morgan fingerprint density at radius 1 is 1.10 bits per heavy atom. The van der Waals surface area contributed by atoms with Gasteiger partial charge in [-0.3, -0.25) is 14.4 Å². The summed E-state index contributed by atoms with van der Waals surface area (Å²) in [5, 5.41) is 3.76. The van der Waals surface area contributed by atoms with Crippen LogP contribution in [0.1, 0.15) is 58.5 Å². The van der Waals surface area contributed by atoms with Crippen LogP contribution in [-0.2, 0) is 32.6 Å². The molecule has 0 bridgehead atoms. The molecule has 1 fully saturated rings. The summed E-state index contributed by atoms with van der Waals surface area (Å²) >= 11 is 7.36. The van der Waals surface area contributed by atoms with Crippen LogP contribution in [0, 0.1) is 0 Å². The standard InChI is InChI=1S/C22H23ClN2O4S/c23-14-8-6-13(7-9-14)22(10-1-2-11-22)21(28)29-12-17(26)25-20-18(19(24)27)15-4-3-5-16(15)30-20/h6-9H,1-5,10-12H2,(H2,24,27)(H,25,26). The molecule has 0 saturated heterocycles. The number of esters is 1. The van der Waals surface area contributed by atoms with Crippen molar-refractivity contribution < 1.29 is 19.1 Å². The smallest absolute Gasteiger partial charge is 0.317 e. The summed E-state index contributed by atoms with van der Waals surface area (Å²) in [4.78, 5) is 38.4. The highest BCUT2D eigenvalue weighted by atomic mass is 35.5. The number of primary amides is 1. The number of amides is 2. The Bertz CT molecular complexity index is 993. The number of anilines is 1. The second kappa shape index (κ2) is 8.40. The van der Waals surface area contributed by atoms with E-state index in [1.165, 1.54) is 11.3 Å². The number of ether oxygens (including phenoxy) is 1. The minimum atomic E-state index is -0.743. The number of hydrogen-bond donors (Lipinski definition) is 2. The summed E-state index contributed by atoms with van der Waals surface area (Å²) in [7, 11) is 0. The van der Waals surface area contributed by atoms with Crippen LogP contribution < -0.4 is 11.1 Å². The lowest BCUT2D eigenvalue weighted by molar-refractivity contribution is -0.153. The highest BCUT2D eigenvalue weighted by Gasteiger charge is 2.44. The summed E-state index contributed by atoms with van der Waals surface area (Å²) in [5.74, 6) is -1.43. The summed E-state index contributed by atoms with van der Waals surface area (Å²) < 4.78 is 5.43. The molecule has 3 N–H and O–H groups in total. The number of carbonyl (C=O) groups excluding carboxylic acids is 3. The molecule has 1 saturated carbocycles. The number of benzene rings is 1. The number of nitrogens with two attached hydrogens (primary N) is 1. The van der Waals surface area contributed by atoms with Crippen LogP contribution in [0.15, 0.2) is 24.3 Å². The predicted molar refractivity (Wildman–Crippen MR) is 116 cm³/mol. The van der Waals surface area contributed by atoms with Crippen LogP contribution in [0.5, 0.6) is 0 Å². The van der Waals surface area contributed by atoms with Crippen LogP contribution in [0.25, 0.3) is 0 Å². The van der Waals surface area contributed by atoms with Crippen molar-refractivity contribution in [3.63, 3.8) is 0 Å². The number of aryl methyl sites for hydroxylation is 1. The third-order valence-electron chi connectivity index (χ3n) is 6.00. The molecule has 1 aromatic heterocycles. The zero-order valence-corrected chi connectivity index (χ0v) is 18.0. The molecule has 0 radical (unpaired) electrons. The topological polar surface area (TPSA) is 98.5 Å². The van der Waals surface area contributed by atoms with Gasteiger partial charge in [0.25, 0.3) is 11.8 Å². The summed E-state index contributed by atoms with van der Waals surface area (Å²) in [6.07, 6.45) is 5.86. The van der Waals surface area contributed by atoms with Crippen molar-refractivity contribution in [3.05, 3.63) is 50.9 Å². The average Bonchev–Trinajstić information content (AvgIpc) is 3.42. The van der Waals surface area contributed by atoms with E-state index in [1.54, 1.807) is 12.1 Å². The molecule has 30 heavy (non-hydrogen) atoms. The Kier molecular flexibility index (Phi) is 5.84. The maximum absolute atomic E-state index is 13.0. The van der Waals surface area contributed by atoms with Crippen molar-refractivity contribution >= 4 is 45.7 Å². The molecule has 1 heterocycles. The number of rotatable bonds is 6. The van der Waals surface area contributed by atoms with Crippen molar-refractivity contribution in [1.29, 1.82) is 0 Å². The Hall–Kier alpha value is -2.38. The molecular weight excluding hydrogens is 424 g/mol.